The second kappa shape index (κ2) is 8.86. The molecule has 1 unspecified atom stereocenters. The number of nitrogens with zero attached hydrogens (tertiary/aromatic N) is 2. The van der Waals surface area contributed by atoms with E-state index in [0.717, 1.165) is 31.4 Å². The molecule has 0 N–H and O–H groups in total. The molecule has 6 nitrogen and oxygen atoms in total. The summed E-state index contributed by atoms with van der Waals surface area (Å²) >= 11 is 0. The van der Waals surface area contributed by atoms with Crippen LogP contribution in [0, 0.1) is 0 Å². The molecule has 3 rings (SSSR count). The number of rotatable bonds is 7. The summed E-state index contributed by atoms with van der Waals surface area (Å²) in [4.78, 5) is 17.1. The lowest BCUT2D eigenvalue weighted by Crippen LogP contribution is -2.46. The fourth-order valence-corrected chi connectivity index (χ4v) is 4.33. The fraction of sp³-hybridized carbons (Fsp3) is 0.591. The van der Waals surface area contributed by atoms with E-state index < -0.39 is 0 Å². The van der Waals surface area contributed by atoms with Crippen LogP contribution in [0.25, 0.3) is 0 Å². The standard InChI is InChI=1S/C22H32N2O4/c1-5-8-23(9-6-2)22(26)17-14-24-10-7-15-11-20(27-3)21(28-4)12-16(15)18(24)13-19(17)25/h11-12,18,25H,5-10,13-14H2,1-4H3/p-1. The Bertz CT molecular complexity index is 753. The smallest absolute Gasteiger partial charge is 0.250 e. The lowest BCUT2D eigenvalue weighted by Gasteiger charge is -2.44. The highest BCUT2D eigenvalue weighted by atomic mass is 16.5. The van der Waals surface area contributed by atoms with Crippen LogP contribution in [0.4, 0.5) is 0 Å². The summed E-state index contributed by atoms with van der Waals surface area (Å²) in [5, 5.41) is 12.9. The molecule has 1 aromatic carbocycles. The average molecular weight is 388 g/mol. The van der Waals surface area contributed by atoms with Gasteiger partial charge in [-0.1, -0.05) is 13.8 Å². The van der Waals surface area contributed by atoms with Crippen LogP contribution in [-0.2, 0) is 11.2 Å². The van der Waals surface area contributed by atoms with Gasteiger partial charge in [-0.15, -0.1) is 5.76 Å². The van der Waals surface area contributed by atoms with Crippen molar-refractivity contribution in [2.45, 2.75) is 45.6 Å². The van der Waals surface area contributed by atoms with Gasteiger partial charge < -0.3 is 19.5 Å². The Balaban J connectivity index is 1.89. The first-order valence-corrected chi connectivity index (χ1v) is 10.2. The molecule has 1 amide bonds. The highest BCUT2D eigenvalue weighted by Gasteiger charge is 2.34. The Morgan fingerprint density at radius 3 is 2.43 bits per heavy atom. The quantitative estimate of drug-likeness (QED) is 0.718. The maximum atomic E-state index is 13.0. The minimum atomic E-state index is -0.0785. The van der Waals surface area contributed by atoms with Gasteiger partial charge in [0, 0.05) is 37.8 Å². The van der Waals surface area contributed by atoms with Gasteiger partial charge in [-0.25, -0.2) is 0 Å². The van der Waals surface area contributed by atoms with Gasteiger partial charge in [0.15, 0.2) is 11.5 Å². The number of methoxy groups -OCH3 is 2. The summed E-state index contributed by atoms with van der Waals surface area (Å²) in [6, 6.07) is 4.01. The summed E-state index contributed by atoms with van der Waals surface area (Å²) in [5.74, 6) is 1.30. The predicted octanol–water partition coefficient (Wildman–Crippen LogP) is 2.27. The normalized spacial score (nSPS) is 19.1. The van der Waals surface area contributed by atoms with Crippen molar-refractivity contribution in [2.24, 2.45) is 0 Å². The van der Waals surface area contributed by atoms with E-state index in [4.69, 9.17) is 9.47 Å². The molecule has 1 atom stereocenters. The minimum absolute atomic E-state index is 0.00148. The van der Waals surface area contributed by atoms with Gasteiger partial charge in [-0.05, 0) is 48.9 Å². The van der Waals surface area contributed by atoms with Crippen molar-refractivity contribution in [3.63, 3.8) is 0 Å². The molecule has 0 bridgehead atoms. The van der Waals surface area contributed by atoms with Gasteiger partial charge in [0.25, 0.3) is 0 Å². The topological polar surface area (TPSA) is 65.1 Å². The molecule has 0 saturated heterocycles. The monoisotopic (exact) mass is 387 g/mol. The SMILES string of the molecule is CCCN(CCC)C(=O)C1=C([O-])CC2c3cc(OC)c(OC)cc3CCN2C1. The van der Waals surface area contributed by atoms with E-state index in [2.05, 4.69) is 18.7 Å². The average Bonchev–Trinajstić information content (AvgIpc) is 2.71. The number of benzene rings is 1. The molecule has 0 aliphatic carbocycles. The third-order valence-electron chi connectivity index (χ3n) is 5.72. The van der Waals surface area contributed by atoms with E-state index in [1.807, 2.05) is 17.0 Å². The Kier molecular flexibility index (Phi) is 6.50. The molecule has 28 heavy (non-hydrogen) atoms. The van der Waals surface area contributed by atoms with Gasteiger partial charge in [0.1, 0.15) is 0 Å². The van der Waals surface area contributed by atoms with E-state index in [0.29, 0.717) is 43.1 Å². The Labute approximate surface area is 167 Å². The molecule has 154 valence electrons. The van der Waals surface area contributed by atoms with Crippen LogP contribution in [0.15, 0.2) is 23.5 Å². The third kappa shape index (κ3) is 3.83. The minimum Gasteiger partial charge on any atom is -0.875 e. The maximum absolute atomic E-state index is 13.0. The molecule has 0 saturated carbocycles. The molecule has 0 radical (unpaired) electrons. The number of fused-ring (bicyclic) bond motifs is 3. The van der Waals surface area contributed by atoms with E-state index in [1.165, 1.54) is 5.56 Å². The number of carbonyl (C=O) groups is 1. The zero-order valence-corrected chi connectivity index (χ0v) is 17.4. The van der Waals surface area contributed by atoms with E-state index >= 15 is 0 Å². The summed E-state index contributed by atoms with van der Waals surface area (Å²) in [6.45, 7) is 6.78. The van der Waals surface area contributed by atoms with Crippen LogP contribution < -0.4 is 14.6 Å². The molecule has 2 aliphatic heterocycles. The second-order valence-electron chi connectivity index (χ2n) is 7.54. The zero-order chi connectivity index (χ0) is 20.3. The van der Waals surface area contributed by atoms with Crippen molar-refractivity contribution in [1.29, 1.82) is 0 Å². The second-order valence-corrected chi connectivity index (χ2v) is 7.54. The Morgan fingerprint density at radius 1 is 1.18 bits per heavy atom. The number of ether oxygens (including phenoxy) is 2. The Morgan fingerprint density at radius 2 is 1.82 bits per heavy atom. The number of hydrogen-bond acceptors (Lipinski definition) is 5. The van der Waals surface area contributed by atoms with Crippen LogP contribution in [0.5, 0.6) is 11.5 Å². The van der Waals surface area contributed by atoms with E-state index in [1.54, 1.807) is 14.2 Å². The van der Waals surface area contributed by atoms with Crippen LogP contribution in [-0.4, -0.2) is 56.1 Å². The molecular formula is C22H31N2O4-. The summed E-state index contributed by atoms with van der Waals surface area (Å²) in [7, 11) is 3.26. The van der Waals surface area contributed by atoms with Crippen molar-refractivity contribution >= 4 is 5.91 Å². The van der Waals surface area contributed by atoms with Gasteiger partial charge in [0.05, 0.1) is 14.2 Å². The first-order chi connectivity index (χ1) is 13.5. The number of carbonyl (C=O) groups excluding carboxylic acids is 1. The largest absolute Gasteiger partial charge is 0.875 e. The third-order valence-corrected chi connectivity index (χ3v) is 5.72. The maximum Gasteiger partial charge on any atom is 0.250 e. The number of hydrogen-bond donors (Lipinski definition) is 0. The predicted molar refractivity (Wildman–Crippen MR) is 106 cm³/mol. The highest BCUT2D eigenvalue weighted by Crippen LogP contribution is 2.42. The van der Waals surface area contributed by atoms with Gasteiger partial charge >= 0.3 is 0 Å². The first-order valence-electron chi connectivity index (χ1n) is 10.2. The first kappa shape index (κ1) is 20.5. The van der Waals surface area contributed by atoms with Gasteiger partial charge in [-0.2, -0.15) is 0 Å². The Hall–Kier alpha value is -2.21. The van der Waals surface area contributed by atoms with Crippen LogP contribution in [0.2, 0.25) is 0 Å². The molecular weight excluding hydrogens is 356 g/mol. The van der Waals surface area contributed by atoms with Crippen molar-refractivity contribution in [3.8, 4) is 11.5 Å². The van der Waals surface area contributed by atoms with Crippen molar-refractivity contribution < 1.29 is 19.4 Å². The molecule has 2 heterocycles. The summed E-state index contributed by atoms with van der Waals surface area (Å²) < 4.78 is 10.9. The fourth-order valence-electron chi connectivity index (χ4n) is 4.33. The van der Waals surface area contributed by atoms with Crippen LogP contribution in [0.3, 0.4) is 0 Å². The molecule has 2 aliphatic rings. The van der Waals surface area contributed by atoms with Crippen LogP contribution >= 0.6 is 0 Å². The zero-order valence-electron chi connectivity index (χ0n) is 17.4. The van der Waals surface area contributed by atoms with Crippen LogP contribution in [0.1, 0.15) is 50.3 Å². The van der Waals surface area contributed by atoms with Crippen molar-refractivity contribution in [3.05, 3.63) is 34.6 Å². The van der Waals surface area contributed by atoms with E-state index in [9.17, 15) is 9.90 Å². The molecule has 6 heteroatoms. The van der Waals surface area contributed by atoms with Gasteiger partial charge in [0.2, 0.25) is 5.91 Å². The van der Waals surface area contributed by atoms with E-state index in [-0.39, 0.29) is 17.7 Å². The molecule has 1 aromatic rings. The summed E-state index contributed by atoms with van der Waals surface area (Å²) in [6.07, 6.45) is 3.01. The van der Waals surface area contributed by atoms with Crippen molar-refractivity contribution in [2.75, 3.05) is 40.4 Å². The molecule has 0 spiro atoms. The lowest BCUT2D eigenvalue weighted by molar-refractivity contribution is -0.312. The highest BCUT2D eigenvalue weighted by molar-refractivity contribution is 5.94. The summed E-state index contributed by atoms with van der Waals surface area (Å²) in [5.41, 5.74) is 2.75. The lowest BCUT2D eigenvalue weighted by atomic mass is 9.86. The number of amides is 1. The molecule has 0 fully saturated rings. The van der Waals surface area contributed by atoms with Crippen molar-refractivity contribution in [1.82, 2.24) is 9.80 Å². The molecule has 0 aromatic heterocycles. The van der Waals surface area contributed by atoms with Gasteiger partial charge in [-0.3, -0.25) is 9.69 Å².